The topological polar surface area (TPSA) is 79.6 Å². The van der Waals surface area contributed by atoms with Gasteiger partial charge in [0.25, 0.3) is 15.9 Å². The molecule has 1 aromatic rings. The van der Waals surface area contributed by atoms with Crippen LogP contribution in [0.2, 0.25) is 0 Å². The molecule has 1 amide bonds. The normalized spacial score (nSPS) is 23.2. The third-order valence-electron chi connectivity index (χ3n) is 3.97. The Balaban J connectivity index is 2.09. The maximum Gasteiger partial charge on any atom is 0.287 e. The molecule has 118 valence electrons. The van der Waals surface area contributed by atoms with Crippen molar-refractivity contribution in [2.45, 2.75) is 43.7 Å². The maximum atomic E-state index is 12.2. The van der Waals surface area contributed by atoms with Crippen LogP contribution in [0.1, 0.15) is 43.2 Å². The van der Waals surface area contributed by atoms with Gasteiger partial charge in [-0.05, 0) is 30.9 Å². The van der Waals surface area contributed by atoms with Crippen molar-refractivity contribution in [2.24, 2.45) is 5.92 Å². The summed E-state index contributed by atoms with van der Waals surface area (Å²) in [6.45, 7) is 2.12. The summed E-state index contributed by atoms with van der Waals surface area (Å²) in [6, 6.07) is 2.85. The highest BCUT2D eigenvalue weighted by Crippen LogP contribution is 2.24. The number of nitrogens with one attached hydrogen (secondary N) is 1. The van der Waals surface area contributed by atoms with E-state index in [0.29, 0.717) is 5.92 Å². The van der Waals surface area contributed by atoms with Crippen LogP contribution in [0.25, 0.3) is 0 Å². The molecule has 1 aliphatic carbocycles. The van der Waals surface area contributed by atoms with Crippen molar-refractivity contribution in [3.05, 3.63) is 17.9 Å². The summed E-state index contributed by atoms with van der Waals surface area (Å²) in [5.74, 6) is 0.116. The zero-order valence-corrected chi connectivity index (χ0v) is 13.4. The molecule has 1 aliphatic rings. The quantitative estimate of drug-likeness (QED) is 0.919. The minimum absolute atomic E-state index is 0.0354. The van der Waals surface area contributed by atoms with E-state index in [1.54, 1.807) is 0 Å². The van der Waals surface area contributed by atoms with Gasteiger partial charge in [0, 0.05) is 20.1 Å². The highest BCUT2D eigenvalue weighted by Gasteiger charge is 2.26. The Morgan fingerprint density at radius 3 is 2.57 bits per heavy atom. The summed E-state index contributed by atoms with van der Waals surface area (Å²) in [7, 11) is -0.811. The molecule has 0 unspecified atom stereocenters. The SMILES string of the molecule is C[C@H]1CCCC[C@@H]1NC(=O)c1ccc(S(=O)(=O)N(C)C)o1. The van der Waals surface area contributed by atoms with Gasteiger partial charge >= 0.3 is 0 Å². The van der Waals surface area contributed by atoms with Crippen LogP contribution in [0.15, 0.2) is 21.6 Å². The fourth-order valence-corrected chi connectivity index (χ4v) is 3.33. The summed E-state index contributed by atoms with van der Waals surface area (Å²) < 4.78 is 30.1. The van der Waals surface area contributed by atoms with Gasteiger partial charge in [0.15, 0.2) is 5.76 Å². The first-order chi connectivity index (χ1) is 9.82. The van der Waals surface area contributed by atoms with Gasteiger partial charge in [-0.3, -0.25) is 4.79 Å². The third-order valence-corrected chi connectivity index (χ3v) is 5.66. The second kappa shape index (κ2) is 6.19. The van der Waals surface area contributed by atoms with Gasteiger partial charge in [-0.2, -0.15) is 0 Å². The van der Waals surface area contributed by atoms with E-state index in [1.165, 1.54) is 32.6 Å². The van der Waals surface area contributed by atoms with Crippen LogP contribution in [0.3, 0.4) is 0 Å². The van der Waals surface area contributed by atoms with Crippen LogP contribution in [-0.4, -0.2) is 38.8 Å². The molecule has 7 heteroatoms. The van der Waals surface area contributed by atoms with Crippen molar-refractivity contribution in [2.75, 3.05) is 14.1 Å². The van der Waals surface area contributed by atoms with E-state index in [0.717, 1.165) is 23.6 Å². The molecule has 1 heterocycles. The highest BCUT2D eigenvalue weighted by molar-refractivity contribution is 7.88. The van der Waals surface area contributed by atoms with Gasteiger partial charge in [-0.25, -0.2) is 12.7 Å². The van der Waals surface area contributed by atoms with Crippen LogP contribution in [0, 0.1) is 5.92 Å². The molecule has 2 rings (SSSR count). The van der Waals surface area contributed by atoms with Crippen molar-refractivity contribution in [1.29, 1.82) is 0 Å². The molecule has 0 spiro atoms. The number of sulfonamides is 1. The van der Waals surface area contributed by atoms with E-state index in [-0.39, 0.29) is 22.8 Å². The van der Waals surface area contributed by atoms with Crippen LogP contribution < -0.4 is 5.32 Å². The van der Waals surface area contributed by atoms with Gasteiger partial charge < -0.3 is 9.73 Å². The minimum Gasteiger partial charge on any atom is -0.438 e. The fourth-order valence-electron chi connectivity index (χ4n) is 2.53. The second-order valence-corrected chi connectivity index (χ2v) is 7.83. The Morgan fingerprint density at radius 1 is 1.29 bits per heavy atom. The van der Waals surface area contributed by atoms with E-state index in [2.05, 4.69) is 12.2 Å². The Morgan fingerprint density at radius 2 is 1.95 bits per heavy atom. The first kappa shape index (κ1) is 16.0. The van der Waals surface area contributed by atoms with Crippen LogP contribution in [-0.2, 0) is 10.0 Å². The van der Waals surface area contributed by atoms with E-state index < -0.39 is 10.0 Å². The average Bonchev–Trinajstić information content (AvgIpc) is 2.91. The molecule has 1 N–H and O–H groups in total. The Kier molecular flexibility index (Phi) is 4.73. The lowest BCUT2D eigenvalue weighted by molar-refractivity contribution is 0.0876. The van der Waals surface area contributed by atoms with Gasteiger partial charge in [0.2, 0.25) is 5.09 Å². The lowest BCUT2D eigenvalue weighted by Gasteiger charge is -2.29. The lowest BCUT2D eigenvalue weighted by atomic mass is 9.86. The monoisotopic (exact) mass is 314 g/mol. The number of furan rings is 1. The number of hydrogen-bond acceptors (Lipinski definition) is 4. The van der Waals surface area contributed by atoms with E-state index in [4.69, 9.17) is 4.42 Å². The summed E-state index contributed by atoms with van der Waals surface area (Å²) in [4.78, 5) is 12.2. The van der Waals surface area contributed by atoms with E-state index in [1.807, 2.05) is 0 Å². The molecule has 0 aliphatic heterocycles. The largest absolute Gasteiger partial charge is 0.438 e. The van der Waals surface area contributed by atoms with Gasteiger partial charge in [-0.1, -0.05) is 19.8 Å². The van der Waals surface area contributed by atoms with Crippen LogP contribution in [0.5, 0.6) is 0 Å². The molecular formula is C14H22N2O4S. The Bertz CT molecular complexity index is 606. The van der Waals surface area contributed by atoms with E-state index >= 15 is 0 Å². The summed E-state index contributed by atoms with van der Waals surface area (Å²) in [5.41, 5.74) is 0. The summed E-state index contributed by atoms with van der Waals surface area (Å²) >= 11 is 0. The number of carbonyl (C=O) groups is 1. The predicted octanol–water partition coefficient (Wildman–Crippen LogP) is 1.84. The zero-order valence-electron chi connectivity index (χ0n) is 12.6. The highest BCUT2D eigenvalue weighted by atomic mass is 32.2. The third kappa shape index (κ3) is 3.47. The van der Waals surface area contributed by atoms with Crippen molar-refractivity contribution in [1.82, 2.24) is 9.62 Å². The number of hydrogen-bond donors (Lipinski definition) is 1. The van der Waals surface area contributed by atoms with Gasteiger partial charge in [0.1, 0.15) is 0 Å². The molecular weight excluding hydrogens is 292 g/mol. The molecule has 2 atom stereocenters. The summed E-state index contributed by atoms with van der Waals surface area (Å²) in [5, 5.41) is 2.72. The molecule has 1 aromatic heterocycles. The zero-order chi connectivity index (χ0) is 15.6. The molecule has 0 saturated heterocycles. The maximum absolute atomic E-state index is 12.2. The lowest BCUT2D eigenvalue weighted by Crippen LogP contribution is -2.40. The van der Waals surface area contributed by atoms with Gasteiger partial charge in [-0.15, -0.1) is 0 Å². The number of nitrogens with zero attached hydrogens (tertiary/aromatic N) is 1. The minimum atomic E-state index is -3.65. The molecule has 21 heavy (non-hydrogen) atoms. The molecule has 0 aromatic carbocycles. The van der Waals surface area contributed by atoms with Crippen molar-refractivity contribution < 1.29 is 17.6 Å². The fraction of sp³-hybridized carbons (Fsp3) is 0.643. The van der Waals surface area contributed by atoms with Crippen LogP contribution >= 0.6 is 0 Å². The molecule has 0 radical (unpaired) electrons. The first-order valence-corrected chi connectivity index (χ1v) is 8.59. The number of carbonyl (C=O) groups excluding carboxylic acids is 1. The Hall–Kier alpha value is -1.34. The molecule has 1 fully saturated rings. The predicted molar refractivity (Wildman–Crippen MR) is 78.5 cm³/mol. The number of amides is 1. The van der Waals surface area contributed by atoms with Crippen molar-refractivity contribution in [3.8, 4) is 0 Å². The number of rotatable bonds is 4. The average molecular weight is 314 g/mol. The van der Waals surface area contributed by atoms with E-state index in [9.17, 15) is 13.2 Å². The van der Waals surface area contributed by atoms with Crippen molar-refractivity contribution >= 4 is 15.9 Å². The summed E-state index contributed by atoms with van der Waals surface area (Å²) in [6.07, 6.45) is 4.35. The molecule has 6 nitrogen and oxygen atoms in total. The first-order valence-electron chi connectivity index (χ1n) is 7.15. The Labute approximate surface area is 125 Å². The van der Waals surface area contributed by atoms with Crippen molar-refractivity contribution in [3.63, 3.8) is 0 Å². The smallest absolute Gasteiger partial charge is 0.287 e. The van der Waals surface area contributed by atoms with Crippen LogP contribution in [0.4, 0.5) is 0 Å². The standard InChI is InChI=1S/C14H22N2O4S/c1-10-6-4-5-7-11(10)15-14(17)12-8-9-13(20-12)21(18,19)16(2)3/h8-11H,4-7H2,1-3H3,(H,15,17)/t10-,11-/m0/s1. The second-order valence-electron chi connectivity index (χ2n) is 5.75. The molecule has 1 saturated carbocycles. The van der Waals surface area contributed by atoms with Gasteiger partial charge in [0.05, 0.1) is 0 Å². The molecule has 0 bridgehead atoms.